The van der Waals surface area contributed by atoms with E-state index in [1.165, 1.54) is 15.7 Å². The van der Waals surface area contributed by atoms with Gasteiger partial charge in [0, 0.05) is 31.6 Å². The van der Waals surface area contributed by atoms with Gasteiger partial charge in [0.2, 0.25) is 5.28 Å². The van der Waals surface area contributed by atoms with Crippen molar-refractivity contribution in [2.45, 2.75) is 71.6 Å². The highest BCUT2D eigenvalue weighted by Crippen LogP contribution is 2.30. The second-order valence-corrected chi connectivity index (χ2v) is 18.9. The Labute approximate surface area is 261 Å². The number of aromatic nitrogens is 3. The third-order valence-corrected chi connectivity index (χ3v) is 8.92. The molecular weight excluding hydrogens is 609 g/mol. The summed E-state index contributed by atoms with van der Waals surface area (Å²) in [7, 11) is -1.31. The fourth-order valence-corrected chi connectivity index (χ4v) is 5.66. The third-order valence-electron chi connectivity index (χ3n) is 6.75. The largest absolute Gasteiger partial charge is 0.465 e. The maximum Gasteiger partial charge on any atom is 0.421 e. The number of rotatable bonds is 11. The number of hydrogen-bond acceptors (Lipinski definition) is 7. The van der Waals surface area contributed by atoms with Crippen LogP contribution in [0.5, 0.6) is 0 Å². The number of carbonyl (C=O) groups is 1. The van der Waals surface area contributed by atoms with Crippen molar-refractivity contribution in [1.82, 2.24) is 14.5 Å². The summed E-state index contributed by atoms with van der Waals surface area (Å²) in [5, 5.41) is 13.4. The Morgan fingerprint density at radius 2 is 1.91 bits per heavy atom. The predicted octanol–water partition coefficient (Wildman–Crippen LogP) is 7.82. The molecule has 0 aliphatic heterocycles. The number of nitrogens with one attached hydrogen (secondary N) is 1. The van der Waals surface area contributed by atoms with Crippen molar-refractivity contribution >= 4 is 65.7 Å². The van der Waals surface area contributed by atoms with E-state index in [1.807, 2.05) is 45.0 Å². The maximum absolute atomic E-state index is 13.0. The summed E-state index contributed by atoms with van der Waals surface area (Å²) in [6.07, 6.45) is 1.44. The number of fused-ring (bicyclic) bond motifs is 1. The molecule has 1 amide bonds. The van der Waals surface area contributed by atoms with Crippen molar-refractivity contribution in [2.24, 2.45) is 0 Å². The summed E-state index contributed by atoms with van der Waals surface area (Å²) < 4.78 is 13.1. The minimum atomic E-state index is -1.31. The van der Waals surface area contributed by atoms with Gasteiger partial charge >= 0.3 is 11.8 Å². The molecule has 2 aromatic carbocycles. The van der Waals surface area contributed by atoms with Gasteiger partial charge in [-0.25, -0.2) is 19.1 Å². The van der Waals surface area contributed by atoms with E-state index in [0.29, 0.717) is 47.7 Å². The molecule has 0 spiro atoms. The number of aryl methyl sites for hydroxylation is 2. The second kappa shape index (κ2) is 13.1. The van der Waals surface area contributed by atoms with Crippen LogP contribution in [0.2, 0.25) is 36.0 Å². The zero-order valence-electron chi connectivity index (χ0n) is 25.2. The van der Waals surface area contributed by atoms with E-state index in [0.717, 1.165) is 17.2 Å². The van der Waals surface area contributed by atoms with Gasteiger partial charge in [0.15, 0.2) is 11.4 Å². The van der Waals surface area contributed by atoms with Crippen molar-refractivity contribution < 1.29 is 19.1 Å². The quantitative estimate of drug-likeness (QED) is 0.0961. The first-order valence-electron chi connectivity index (χ1n) is 13.9. The van der Waals surface area contributed by atoms with E-state index in [2.05, 4.69) is 34.9 Å². The Morgan fingerprint density at radius 3 is 2.58 bits per heavy atom. The first kappa shape index (κ1) is 32.5. The average Bonchev–Trinajstić information content (AvgIpc) is 3.21. The Hall–Kier alpha value is -3.38. The molecule has 4 aromatic rings. The lowest BCUT2D eigenvalue weighted by molar-refractivity contribution is 0.0850. The standard InChI is InChI=1S/C30H37Cl2N5O5Si/c1-30(2,3)37(28(38)39)22-9-7-8-19(14-22)10-11-20-15-21(34-26-23(31)17-33-27(32)35-26)16-24-25(20)42-29(40)36(24)18-41-12-13-43(4,5)6/h7-9,14-17H,10-13,18H2,1-6H3,(H,38,39)(H,33,34,35). The van der Waals surface area contributed by atoms with Gasteiger partial charge < -0.3 is 19.6 Å². The highest BCUT2D eigenvalue weighted by molar-refractivity contribution is 6.76. The SMILES string of the molecule is CC(C)(C)N(C(=O)O)c1cccc(CCc2cc(Nc3nc(Cl)ncc3Cl)cc3c2oc(=O)n3COCC[Si](C)(C)C)c1. The molecule has 230 valence electrons. The van der Waals surface area contributed by atoms with Crippen LogP contribution in [0, 0.1) is 0 Å². The van der Waals surface area contributed by atoms with Crippen LogP contribution >= 0.6 is 23.2 Å². The maximum atomic E-state index is 13.0. The molecule has 2 aromatic heterocycles. The molecule has 0 saturated carbocycles. The number of oxazole rings is 1. The molecule has 0 unspecified atom stereocenters. The zero-order chi connectivity index (χ0) is 31.5. The number of amides is 1. The van der Waals surface area contributed by atoms with Gasteiger partial charge in [0.1, 0.15) is 11.8 Å². The molecule has 13 heteroatoms. The van der Waals surface area contributed by atoms with Crippen molar-refractivity contribution in [1.29, 1.82) is 0 Å². The smallest absolute Gasteiger partial charge is 0.421 e. The fourth-order valence-electron chi connectivity index (χ4n) is 4.63. The second-order valence-electron chi connectivity index (χ2n) is 12.5. The summed E-state index contributed by atoms with van der Waals surface area (Å²) in [5.74, 6) is -0.201. The number of halogens is 2. The zero-order valence-corrected chi connectivity index (χ0v) is 27.7. The van der Waals surface area contributed by atoms with E-state index in [-0.39, 0.29) is 17.0 Å². The summed E-state index contributed by atoms with van der Waals surface area (Å²) in [6.45, 7) is 12.9. The summed E-state index contributed by atoms with van der Waals surface area (Å²) in [6, 6.07) is 12.1. The van der Waals surface area contributed by atoms with Crippen molar-refractivity contribution in [2.75, 3.05) is 16.8 Å². The lowest BCUT2D eigenvalue weighted by Gasteiger charge is -2.33. The van der Waals surface area contributed by atoms with Crippen LogP contribution in [0.3, 0.4) is 0 Å². The molecule has 4 rings (SSSR count). The number of carboxylic acid groups (broad SMARTS) is 1. The Bertz CT molecular complexity index is 1680. The van der Waals surface area contributed by atoms with E-state index >= 15 is 0 Å². The summed E-state index contributed by atoms with van der Waals surface area (Å²) in [5.41, 5.74) is 3.30. The van der Waals surface area contributed by atoms with Gasteiger partial charge in [-0.05, 0) is 86.7 Å². The molecule has 43 heavy (non-hydrogen) atoms. The van der Waals surface area contributed by atoms with Crippen LogP contribution in [-0.4, -0.2) is 46.0 Å². The molecule has 2 heterocycles. The number of benzene rings is 2. The van der Waals surface area contributed by atoms with Gasteiger partial charge in [-0.1, -0.05) is 43.4 Å². The molecule has 0 atom stereocenters. The van der Waals surface area contributed by atoms with Gasteiger partial charge in [-0.2, -0.15) is 4.98 Å². The van der Waals surface area contributed by atoms with Crippen molar-refractivity contribution in [3.63, 3.8) is 0 Å². The highest BCUT2D eigenvalue weighted by Gasteiger charge is 2.28. The van der Waals surface area contributed by atoms with Gasteiger partial charge in [0.25, 0.3) is 0 Å². The molecule has 2 N–H and O–H groups in total. The Morgan fingerprint density at radius 1 is 1.16 bits per heavy atom. The molecular formula is C30H37Cl2N5O5Si. The number of anilines is 3. The summed E-state index contributed by atoms with van der Waals surface area (Å²) >= 11 is 12.3. The van der Waals surface area contributed by atoms with Crippen molar-refractivity contribution in [3.8, 4) is 0 Å². The van der Waals surface area contributed by atoms with Crippen molar-refractivity contribution in [3.05, 3.63) is 74.6 Å². The van der Waals surface area contributed by atoms with Crippen LogP contribution in [0.4, 0.5) is 22.0 Å². The van der Waals surface area contributed by atoms with E-state index < -0.39 is 25.5 Å². The van der Waals surface area contributed by atoms with Crippen LogP contribution < -0.4 is 16.0 Å². The molecule has 0 bridgehead atoms. The van der Waals surface area contributed by atoms with Gasteiger partial charge in [-0.15, -0.1) is 0 Å². The van der Waals surface area contributed by atoms with Gasteiger partial charge in [-0.3, -0.25) is 4.90 Å². The lowest BCUT2D eigenvalue weighted by atomic mass is 10.0. The monoisotopic (exact) mass is 645 g/mol. The van der Waals surface area contributed by atoms with E-state index in [4.69, 9.17) is 32.4 Å². The molecule has 0 aliphatic carbocycles. The number of ether oxygens (including phenoxy) is 1. The van der Waals surface area contributed by atoms with Crippen LogP contribution in [-0.2, 0) is 24.3 Å². The fraction of sp³-hybridized carbons (Fsp3) is 0.400. The molecule has 10 nitrogen and oxygen atoms in total. The van der Waals surface area contributed by atoms with Crippen LogP contribution in [0.1, 0.15) is 31.9 Å². The van der Waals surface area contributed by atoms with Crippen LogP contribution in [0.25, 0.3) is 11.1 Å². The Balaban J connectivity index is 1.69. The topological polar surface area (TPSA) is 123 Å². The number of hydrogen-bond donors (Lipinski definition) is 2. The lowest BCUT2D eigenvalue weighted by Crippen LogP contribution is -2.45. The van der Waals surface area contributed by atoms with Crippen LogP contribution in [0.15, 0.2) is 51.8 Å². The minimum absolute atomic E-state index is 0.0368. The molecule has 0 aliphatic rings. The molecule has 0 saturated heterocycles. The first-order valence-corrected chi connectivity index (χ1v) is 18.4. The van der Waals surface area contributed by atoms with E-state index in [9.17, 15) is 14.7 Å². The highest BCUT2D eigenvalue weighted by atomic mass is 35.5. The molecule has 0 fully saturated rings. The predicted molar refractivity (Wildman–Crippen MR) is 174 cm³/mol. The van der Waals surface area contributed by atoms with E-state index in [1.54, 1.807) is 12.1 Å². The first-order chi connectivity index (χ1) is 20.1. The summed E-state index contributed by atoms with van der Waals surface area (Å²) in [4.78, 5) is 34.5. The molecule has 0 radical (unpaired) electrons. The Kier molecular flexibility index (Phi) is 9.90. The number of nitrogens with zero attached hydrogens (tertiary/aromatic N) is 4. The van der Waals surface area contributed by atoms with Gasteiger partial charge in [0.05, 0.1) is 11.7 Å². The average molecular weight is 647 g/mol. The third kappa shape index (κ3) is 8.38. The minimum Gasteiger partial charge on any atom is -0.465 e. The normalized spacial score (nSPS) is 12.1.